The summed E-state index contributed by atoms with van der Waals surface area (Å²) in [7, 11) is 2.91. The van der Waals surface area contributed by atoms with Gasteiger partial charge in [0, 0.05) is 5.02 Å². The topological polar surface area (TPSA) is 115 Å². The third-order valence-corrected chi connectivity index (χ3v) is 5.68. The molecule has 0 fully saturated rings. The van der Waals surface area contributed by atoms with Gasteiger partial charge in [-0.05, 0) is 76.3 Å². The largest absolute Gasteiger partial charge is 0.504 e. The van der Waals surface area contributed by atoms with Gasteiger partial charge in [-0.3, -0.25) is 0 Å². The lowest BCUT2D eigenvalue weighted by atomic mass is 10.2. The number of carboxylic acids is 1. The number of thioether (sulfide) groups is 1. The summed E-state index contributed by atoms with van der Waals surface area (Å²) in [4.78, 5) is 11.7. The van der Waals surface area contributed by atoms with E-state index in [-0.39, 0.29) is 27.5 Å². The number of methoxy groups -OCH3 is 2. The number of phenols is 1. The molecule has 0 bridgehead atoms. The fourth-order valence-corrected chi connectivity index (χ4v) is 3.89. The second-order valence-electron chi connectivity index (χ2n) is 5.69. The molecule has 0 saturated heterocycles. The number of ether oxygens (including phenoxy) is 2. The maximum absolute atomic E-state index is 11.7. The van der Waals surface area contributed by atoms with Crippen LogP contribution in [0.2, 0.25) is 5.02 Å². The summed E-state index contributed by atoms with van der Waals surface area (Å²) in [6, 6.07) is 8.08. The van der Waals surface area contributed by atoms with Gasteiger partial charge in [0.05, 0.1) is 23.4 Å². The van der Waals surface area contributed by atoms with Crippen molar-refractivity contribution in [3.8, 4) is 28.7 Å². The molecule has 0 spiro atoms. The standard InChI is InChI=1S/C19H14ClIN2O6S/c1-27-13-4-3-10(20)8-11(13)17-22-23-19(29-17)30-15(18(25)26)7-9-5-12(21)16(24)14(6-9)28-2/h3-8,24H,1-2H3,(H,25,26)/b15-7-. The highest BCUT2D eigenvalue weighted by Crippen LogP contribution is 2.37. The maximum atomic E-state index is 11.7. The van der Waals surface area contributed by atoms with Crippen LogP contribution in [-0.2, 0) is 4.79 Å². The number of aromatic nitrogens is 2. The van der Waals surface area contributed by atoms with Crippen molar-refractivity contribution in [2.24, 2.45) is 0 Å². The first-order chi connectivity index (χ1) is 14.3. The minimum atomic E-state index is -1.18. The minimum Gasteiger partial charge on any atom is -0.504 e. The van der Waals surface area contributed by atoms with Crippen molar-refractivity contribution >= 4 is 58.0 Å². The van der Waals surface area contributed by atoms with E-state index < -0.39 is 5.97 Å². The predicted octanol–water partition coefficient (Wildman–Crippen LogP) is 4.94. The fraction of sp³-hybridized carbons (Fsp3) is 0.105. The number of halogens is 2. The molecule has 0 atom stereocenters. The zero-order valence-electron chi connectivity index (χ0n) is 15.6. The lowest BCUT2D eigenvalue weighted by Crippen LogP contribution is -1.97. The molecule has 3 rings (SSSR count). The number of carboxylic acid groups (broad SMARTS) is 1. The third-order valence-electron chi connectivity index (χ3n) is 3.77. The summed E-state index contributed by atoms with van der Waals surface area (Å²) in [5, 5.41) is 27.9. The van der Waals surface area contributed by atoms with Gasteiger partial charge in [-0.2, -0.15) is 0 Å². The average molecular weight is 561 g/mol. The highest BCUT2D eigenvalue weighted by Gasteiger charge is 2.19. The lowest BCUT2D eigenvalue weighted by Gasteiger charge is -2.07. The Bertz CT molecular complexity index is 1130. The molecule has 0 amide bonds. The van der Waals surface area contributed by atoms with Crippen molar-refractivity contribution in [2.45, 2.75) is 5.22 Å². The summed E-state index contributed by atoms with van der Waals surface area (Å²) in [5.41, 5.74) is 1.01. The molecule has 0 saturated carbocycles. The summed E-state index contributed by atoms with van der Waals surface area (Å²) in [6.45, 7) is 0. The van der Waals surface area contributed by atoms with E-state index in [2.05, 4.69) is 10.2 Å². The van der Waals surface area contributed by atoms with Crippen LogP contribution in [0.1, 0.15) is 5.56 Å². The average Bonchev–Trinajstić information content (AvgIpc) is 3.18. The van der Waals surface area contributed by atoms with Gasteiger partial charge in [0.1, 0.15) is 10.7 Å². The van der Waals surface area contributed by atoms with Crippen molar-refractivity contribution in [1.29, 1.82) is 0 Å². The van der Waals surface area contributed by atoms with Crippen LogP contribution < -0.4 is 9.47 Å². The number of aromatic hydroxyl groups is 1. The van der Waals surface area contributed by atoms with E-state index in [4.69, 9.17) is 25.5 Å². The molecular formula is C19H14ClIN2O6S. The Balaban J connectivity index is 1.93. The van der Waals surface area contributed by atoms with Gasteiger partial charge in [0.25, 0.3) is 11.1 Å². The van der Waals surface area contributed by atoms with Crippen LogP contribution in [0.25, 0.3) is 17.5 Å². The number of aliphatic carboxylic acids is 1. The Morgan fingerprint density at radius 2 is 1.93 bits per heavy atom. The van der Waals surface area contributed by atoms with Gasteiger partial charge in [-0.1, -0.05) is 11.6 Å². The van der Waals surface area contributed by atoms with E-state index in [9.17, 15) is 15.0 Å². The van der Waals surface area contributed by atoms with Crippen LogP contribution in [-0.4, -0.2) is 40.6 Å². The number of phenolic OH excluding ortho intramolecular Hbond substituents is 1. The van der Waals surface area contributed by atoms with Crippen LogP contribution in [0.3, 0.4) is 0 Å². The molecule has 11 heteroatoms. The van der Waals surface area contributed by atoms with E-state index in [1.165, 1.54) is 26.4 Å². The maximum Gasteiger partial charge on any atom is 0.342 e. The molecule has 2 N–H and O–H groups in total. The third kappa shape index (κ3) is 4.99. The number of benzene rings is 2. The van der Waals surface area contributed by atoms with Crippen LogP contribution in [0, 0.1) is 3.57 Å². The highest BCUT2D eigenvalue weighted by molar-refractivity contribution is 14.1. The van der Waals surface area contributed by atoms with Crippen molar-refractivity contribution in [3.63, 3.8) is 0 Å². The van der Waals surface area contributed by atoms with Gasteiger partial charge in [0.2, 0.25) is 0 Å². The van der Waals surface area contributed by atoms with E-state index in [0.717, 1.165) is 11.8 Å². The van der Waals surface area contributed by atoms with E-state index in [0.29, 0.717) is 25.5 Å². The first-order valence-electron chi connectivity index (χ1n) is 8.19. The Labute approximate surface area is 194 Å². The Hall–Kier alpha value is -2.44. The smallest absolute Gasteiger partial charge is 0.342 e. The molecule has 0 radical (unpaired) electrons. The first-order valence-corrected chi connectivity index (χ1v) is 10.5. The fourth-order valence-electron chi connectivity index (χ4n) is 2.42. The number of carbonyl (C=O) groups is 1. The molecule has 1 heterocycles. The van der Waals surface area contributed by atoms with Gasteiger partial charge < -0.3 is 24.1 Å². The number of hydrogen-bond acceptors (Lipinski definition) is 8. The second-order valence-corrected chi connectivity index (χ2v) is 8.28. The zero-order chi connectivity index (χ0) is 21.8. The van der Waals surface area contributed by atoms with Crippen molar-refractivity contribution in [2.75, 3.05) is 14.2 Å². The lowest BCUT2D eigenvalue weighted by molar-refractivity contribution is -0.131. The molecule has 30 heavy (non-hydrogen) atoms. The second kappa shape index (κ2) is 9.58. The van der Waals surface area contributed by atoms with Gasteiger partial charge in [-0.15, -0.1) is 10.2 Å². The Morgan fingerprint density at radius 1 is 1.20 bits per heavy atom. The van der Waals surface area contributed by atoms with E-state index in [1.54, 1.807) is 24.3 Å². The van der Waals surface area contributed by atoms with Gasteiger partial charge >= 0.3 is 5.97 Å². The summed E-state index contributed by atoms with van der Waals surface area (Å²) in [6.07, 6.45) is 1.42. The van der Waals surface area contributed by atoms with E-state index in [1.807, 2.05) is 22.6 Å². The number of hydrogen-bond donors (Lipinski definition) is 2. The van der Waals surface area contributed by atoms with Crippen molar-refractivity contribution in [3.05, 3.63) is 49.4 Å². The molecule has 1 aromatic heterocycles. The van der Waals surface area contributed by atoms with Crippen LogP contribution in [0.5, 0.6) is 17.2 Å². The Morgan fingerprint density at radius 3 is 2.60 bits per heavy atom. The number of nitrogens with zero attached hydrogens (tertiary/aromatic N) is 2. The predicted molar refractivity (Wildman–Crippen MR) is 120 cm³/mol. The molecule has 3 aromatic rings. The molecule has 2 aromatic carbocycles. The van der Waals surface area contributed by atoms with Crippen LogP contribution in [0.15, 0.2) is 44.9 Å². The van der Waals surface area contributed by atoms with E-state index >= 15 is 0 Å². The van der Waals surface area contributed by atoms with Crippen LogP contribution >= 0.6 is 46.0 Å². The van der Waals surface area contributed by atoms with Gasteiger partial charge in [-0.25, -0.2) is 4.79 Å². The first kappa shape index (κ1) is 22.2. The SMILES string of the molecule is COc1ccc(Cl)cc1-c1nnc(S/C(=C\c2cc(I)c(O)c(OC)c2)C(=O)O)o1. The summed E-state index contributed by atoms with van der Waals surface area (Å²) in [5.74, 6) is -0.336. The quantitative estimate of drug-likeness (QED) is 0.236. The zero-order valence-corrected chi connectivity index (χ0v) is 19.3. The van der Waals surface area contributed by atoms with Crippen molar-refractivity contribution < 1.29 is 28.9 Å². The van der Waals surface area contributed by atoms with Crippen molar-refractivity contribution in [1.82, 2.24) is 10.2 Å². The highest BCUT2D eigenvalue weighted by atomic mass is 127. The summed E-state index contributed by atoms with van der Waals surface area (Å²) >= 11 is 8.75. The van der Waals surface area contributed by atoms with Crippen LogP contribution in [0.4, 0.5) is 0 Å². The normalized spacial score (nSPS) is 11.4. The molecule has 0 aliphatic heterocycles. The summed E-state index contributed by atoms with van der Waals surface area (Å²) < 4.78 is 16.5. The monoisotopic (exact) mass is 560 g/mol. The Kier molecular flexibility index (Phi) is 7.10. The number of rotatable bonds is 7. The van der Waals surface area contributed by atoms with Gasteiger partial charge in [0.15, 0.2) is 11.5 Å². The minimum absolute atomic E-state index is 0.0169. The molecule has 0 aliphatic rings. The molecule has 0 aliphatic carbocycles. The molecule has 0 unspecified atom stereocenters. The molecule has 156 valence electrons. The molecule has 8 nitrogen and oxygen atoms in total. The molecular weight excluding hydrogens is 547 g/mol.